The van der Waals surface area contributed by atoms with Gasteiger partial charge in [0.25, 0.3) is 5.91 Å². The Morgan fingerprint density at radius 1 is 1.50 bits per heavy atom. The number of hydrogen-bond acceptors (Lipinski definition) is 4. The quantitative estimate of drug-likeness (QED) is 0.557. The monoisotopic (exact) mass is 250 g/mol. The number of rotatable bonds is 3. The van der Waals surface area contributed by atoms with Crippen LogP contribution in [0.15, 0.2) is 18.2 Å². The molecule has 1 heterocycles. The molecule has 4 N–H and O–H groups in total. The summed E-state index contributed by atoms with van der Waals surface area (Å²) in [4.78, 5) is 11.9. The maximum absolute atomic E-state index is 11.9. The molecule has 98 valence electrons. The maximum atomic E-state index is 11.9. The topological polar surface area (TPSA) is 84.6 Å². The molecule has 2 rings (SSSR count). The number of anilines is 1. The van der Waals surface area contributed by atoms with E-state index < -0.39 is 0 Å². The number of nitrogens with one attached hydrogen (secondary N) is 1. The van der Waals surface area contributed by atoms with E-state index in [4.69, 9.17) is 10.5 Å². The summed E-state index contributed by atoms with van der Waals surface area (Å²) in [6, 6.07) is 4.34. The van der Waals surface area contributed by atoms with Crippen molar-refractivity contribution in [2.45, 2.75) is 25.4 Å². The summed E-state index contributed by atoms with van der Waals surface area (Å²) in [6.45, 7) is 1.24. The summed E-state index contributed by atoms with van der Waals surface area (Å²) in [5.41, 5.74) is 6.35. The molecule has 0 aliphatic carbocycles. The Morgan fingerprint density at radius 3 is 3.06 bits per heavy atom. The van der Waals surface area contributed by atoms with E-state index in [9.17, 15) is 9.90 Å². The molecule has 5 nitrogen and oxygen atoms in total. The summed E-state index contributed by atoms with van der Waals surface area (Å²) < 4.78 is 5.52. The van der Waals surface area contributed by atoms with Gasteiger partial charge in [0.1, 0.15) is 5.75 Å². The first-order valence-corrected chi connectivity index (χ1v) is 6.15. The van der Waals surface area contributed by atoms with Crippen LogP contribution in [0.3, 0.4) is 0 Å². The van der Waals surface area contributed by atoms with Crippen LogP contribution >= 0.6 is 0 Å². The Labute approximate surface area is 106 Å². The highest BCUT2D eigenvalue weighted by Crippen LogP contribution is 2.18. The molecule has 1 aromatic rings. The van der Waals surface area contributed by atoms with Gasteiger partial charge in [0.15, 0.2) is 0 Å². The van der Waals surface area contributed by atoms with Crippen molar-refractivity contribution in [3.8, 4) is 5.75 Å². The van der Waals surface area contributed by atoms with Crippen LogP contribution in [-0.2, 0) is 4.74 Å². The van der Waals surface area contributed by atoms with Crippen LogP contribution in [0, 0.1) is 0 Å². The van der Waals surface area contributed by atoms with Gasteiger partial charge in [0, 0.05) is 18.8 Å². The Hall–Kier alpha value is -1.75. The molecule has 1 aliphatic rings. The SMILES string of the molecule is Nc1ccc(O)cc1C(=O)NCC1CCCCO1. The molecule has 1 fully saturated rings. The number of amides is 1. The third-order valence-corrected chi connectivity index (χ3v) is 3.05. The molecule has 1 saturated heterocycles. The fraction of sp³-hybridized carbons (Fsp3) is 0.462. The number of carbonyl (C=O) groups is 1. The highest BCUT2D eigenvalue weighted by molar-refractivity contribution is 5.99. The molecular formula is C13H18N2O3. The van der Waals surface area contributed by atoms with Crippen LogP contribution in [-0.4, -0.2) is 30.3 Å². The van der Waals surface area contributed by atoms with E-state index in [-0.39, 0.29) is 17.8 Å². The second-order valence-electron chi connectivity index (χ2n) is 4.47. The van der Waals surface area contributed by atoms with Crippen molar-refractivity contribution in [2.24, 2.45) is 0 Å². The van der Waals surface area contributed by atoms with E-state index >= 15 is 0 Å². The molecular weight excluding hydrogens is 232 g/mol. The van der Waals surface area contributed by atoms with Gasteiger partial charge in [-0.05, 0) is 37.5 Å². The zero-order valence-corrected chi connectivity index (χ0v) is 10.2. The van der Waals surface area contributed by atoms with E-state index in [1.54, 1.807) is 0 Å². The summed E-state index contributed by atoms with van der Waals surface area (Å²) in [5, 5.41) is 12.1. The number of ether oxygens (including phenoxy) is 1. The van der Waals surface area contributed by atoms with Gasteiger partial charge in [0.05, 0.1) is 11.7 Å². The van der Waals surface area contributed by atoms with E-state index in [0.717, 1.165) is 25.9 Å². The number of hydrogen-bond donors (Lipinski definition) is 3. The van der Waals surface area contributed by atoms with Crippen molar-refractivity contribution < 1.29 is 14.6 Å². The molecule has 1 amide bonds. The molecule has 5 heteroatoms. The third kappa shape index (κ3) is 3.13. The van der Waals surface area contributed by atoms with Crippen molar-refractivity contribution in [2.75, 3.05) is 18.9 Å². The zero-order valence-electron chi connectivity index (χ0n) is 10.2. The van der Waals surface area contributed by atoms with Crippen LogP contribution in [0.25, 0.3) is 0 Å². The smallest absolute Gasteiger partial charge is 0.253 e. The fourth-order valence-electron chi connectivity index (χ4n) is 2.01. The molecule has 18 heavy (non-hydrogen) atoms. The van der Waals surface area contributed by atoms with Gasteiger partial charge in [-0.2, -0.15) is 0 Å². The first-order valence-electron chi connectivity index (χ1n) is 6.15. The highest BCUT2D eigenvalue weighted by Gasteiger charge is 2.16. The van der Waals surface area contributed by atoms with Crippen LogP contribution in [0.5, 0.6) is 5.75 Å². The normalized spacial score (nSPS) is 19.4. The Balaban J connectivity index is 1.92. The summed E-state index contributed by atoms with van der Waals surface area (Å²) in [7, 11) is 0. The number of phenolic OH excluding ortho intramolecular Hbond substituents is 1. The lowest BCUT2D eigenvalue weighted by Crippen LogP contribution is -2.35. The first-order chi connectivity index (χ1) is 8.66. The van der Waals surface area contributed by atoms with Crippen LogP contribution in [0.2, 0.25) is 0 Å². The van der Waals surface area contributed by atoms with Gasteiger partial charge in [-0.3, -0.25) is 4.79 Å². The van der Waals surface area contributed by atoms with Gasteiger partial charge < -0.3 is 20.9 Å². The predicted octanol–water partition coefficient (Wildman–Crippen LogP) is 1.27. The minimum absolute atomic E-state index is 0.0308. The minimum Gasteiger partial charge on any atom is -0.508 e. The van der Waals surface area contributed by atoms with E-state index in [0.29, 0.717) is 17.8 Å². The third-order valence-electron chi connectivity index (χ3n) is 3.05. The minimum atomic E-state index is -0.280. The number of nitrogens with two attached hydrogens (primary N) is 1. The van der Waals surface area contributed by atoms with Crippen molar-refractivity contribution in [1.82, 2.24) is 5.32 Å². The average Bonchev–Trinajstić information content (AvgIpc) is 2.40. The molecule has 0 spiro atoms. The molecule has 0 saturated carbocycles. The molecule has 0 aromatic heterocycles. The van der Waals surface area contributed by atoms with Gasteiger partial charge in [-0.1, -0.05) is 0 Å². The first kappa shape index (κ1) is 12.7. The van der Waals surface area contributed by atoms with E-state index in [1.807, 2.05) is 0 Å². The van der Waals surface area contributed by atoms with Crippen molar-refractivity contribution >= 4 is 11.6 Å². The predicted molar refractivity (Wildman–Crippen MR) is 68.4 cm³/mol. The highest BCUT2D eigenvalue weighted by atomic mass is 16.5. The summed E-state index contributed by atoms with van der Waals surface area (Å²) in [6.07, 6.45) is 3.27. The standard InChI is InChI=1S/C13H18N2O3/c14-12-5-4-9(16)7-11(12)13(17)15-8-10-3-1-2-6-18-10/h4-5,7,10,16H,1-3,6,8,14H2,(H,15,17). The van der Waals surface area contributed by atoms with Gasteiger partial charge in [0.2, 0.25) is 0 Å². The van der Waals surface area contributed by atoms with Crippen LogP contribution < -0.4 is 11.1 Å². The van der Waals surface area contributed by atoms with Gasteiger partial charge >= 0.3 is 0 Å². The van der Waals surface area contributed by atoms with Crippen molar-refractivity contribution in [3.05, 3.63) is 23.8 Å². The van der Waals surface area contributed by atoms with E-state index in [2.05, 4.69) is 5.32 Å². The number of nitrogen functional groups attached to an aromatic ring is 1. The average molecular weight is 250 g/mol. The Kier molecular flexibility index (Phi) is 4.04. The summed E-state index contributed by atoms with van der Waals surface area (Å²) >= 11 is 0. The molecule has 1 aromatic carbocycles. The van der Waals surface area contributed by atoms with E-state index in [1.165, 1.54) is 18.2 Å². The van der Waals surface area contributed by atoms with Gasteiger partial charge in [-0.25, -0.2) is 0 Å². The molecule has 1 aliphatic heterocycles. The number of carbonyl (C=O) groups excluding carboxylic acids is 1. The Morgan fingerprint density at radius 2 is 2.33 bits per heavy atom. The second-order valence-corrected chi connectivity index (χ2v) is 4.47. The van der Waals surface area contributed by atoms with Gasteiger partial charge in [-0.15, -0.1) is 0 Å². The lowest BCUT2D eigenvalue weighted by atomic mass is 10.1. The fourth-order valence-corrected chi connectivity index (χ4v) is 2.01. The number of benzene rings is 1. The van der Waals surface area contributed by atoms with Crippen molar-refractivity contribution in [1.29, 1.82) is 0 Å². The molecule has 1 unspecified atom stereocenters. The van der Waals surface area contributed by atoms with Crippen LogP contribution in [0.1, 0.15) is 29.6 Å². The molecule has 0 radical (unpaired) electrons. The number of phenols is 1. The molecule has 0 bridgehead atoms. The van der Waals surface area contributed by atoms with Crippen LogP contribution in [0.4, 0.5) is 5.69 Å². The van der Waals surface area contributed by atoms with Crippen molar-refractivity contribution in [3.63, 3.8) is 0 Å². The zero-order chi connectivity index (χ0) is 13.0. The number of aromatic hydroxyl groups is 1. The lowest BCUT2D eigenvalue weighted by molar-refractivity contribution is 0.0169. The Bertz CT molecular complexity index is 428. The second kappa shape index (κ2) is 5.73. The summed E-state index contributed by atoms with van der Waals surface area (Å²) in [5.74, 6) is -0.249. The maximum Gasteiger partial charge on any atom is 0.253 e. The molecule has 1 atom stereocenters. The largest absolute Gasteiger partial charge is 0.508 e. The lowest BCUT2D eigenvalue weighted by Gasteiger charge is -2.22.